The van der Waals surface area contributed by atoms with Gasteiger partial charge in [0.25, 0.3) is 0 Å². The Balaban J connectivity index is 2.11. The molecule has 0 radical (unpaired) electrons. The van der Waals surface area contributed by atoms with E-state index in [1.165, 1.54) is 14.0 Å². The Morgan fingerprint density at radius 2 is 1.88 bits per heavy atom. The molecule has 0 aromatic heterocycles. The Hall–Kier alpha value is -3.46. The molecule has 3 aliphatic carbocycles. The number of allylic oxidation sites excluding steroid dienone is 1. The number of hydrogen-bond donors (Lipinski definition) is 1. The number of nitrogens with zero attached hydrogens (tertiary/aromatic N) is 1. The first kappa shape index (κ1) is 29.5. The molecule has 1 heterocycles. The molecule has 0 aromatic rings. The third-order valence-corrected chi connectivity index (χ3v) is 9.01. The fourth-order valence-electron chi connectivity index (χ4n) is 7.46. The molecule has 1 saturated carbocycles. The van der Waals surface area contributed by atoms with Crippen LogP contribution in [0.1, 0.15) is 47.0 Å². The van der Waals surface area contributed by atoms with Crippen LogP contribution in [0.3, 0.4) is 0 Å². The molecule has 9 heteroatoms. The highest BCUT2D eigenvalue weighted by molar-refractivity contribution is 6.14. The number of cyclic esters (lactones) is 1. The van der Waals surface area contributed by atoms with Gasteiger partial charge < -0.3 is 24.2 Å². The van der Waals surface area contributed by atoms with Crippen LogP contribution in [0.4, 0.5) is 0 Å². The number of ketones is 2. The molecule has 0 unspecified atom stereocenters. The molecular formula is C31H39NO8. The van der Waals surface area contributed by atoms with Crippen LogP contribution in [0.2, 0.25) is 0 Å². The Morgan fingerprint density at radius 1 is 1.23 bits per heavy atom. The summed E-state index contributed by atoms with van der Waals surface area (Å²) in [6.07, 6.45) is 3.91. The second-order valence-corrected chi connectivity index (χ2v) is 11.6. The summed E-state index contributed by atoms with van der Waals surface area (Å²) in [5.74, 6) is -3.32. The molecule has 2 fully saturated rings. The first-order valence-corrected chi connectivity index (χ1v) is 13.7. The van der Waals surface area contributed by atoms with Gasteiger partial charge in [-0.25, -0.2) is 4.79 Å². The van der Waals surface area contributed by atoms with Crippen LogP contribution < -0.4 is 0 Å². The highest BCUT2D eigenvalue weighted by Crippen LogP contribution is 2.64. The zero-order valence-corrected chi connectivity index (χ0v) is 24.0. The smallest absolute Gasteiger partial charge is 0.340 e. The predicted octanol–water partition coefficient (Wildman–Crippen LogP) is 3.77. The summed E-state index contributed by atoms with van der Waals surface area (Å²) in [5, 5.41) is 11.8. The molecule has 4 aliphatic rings. The molecule has 0 spiro atoms. The number of aliphatic hydroxyl groups is 1. The molecule has 0 bridgehead atoms. The number of aliphatic hydroxyl groups excluding tert-OH is 1. The lowest BCUT2D eigenvalue weighted by Crippen LogP contribution is -2.60. The topological polar surface area (TPSA) is 119 Å². The van der Waals surface area contributed by atoms with Crippen LogP contribution in [0.5, 0.6) is 0 Å². The normalized spacial score (nSPS) is 32.5. The Morgan fingerprint density at radius 3 is 2.42 bits per heavy atom. The van der Waals surface area contributed by atoms with E-state index in [-0.39, 0.29) is 47.9 Å². The first-order chi connectivity index (χ1) is 18.9. The molecule has 0 aromatic carbocycles. The minimum atomic E-state index is -1.27. The van der Waals surface area contributed by atoms with E-state index in [0.29, 0.717) is 25.1 Å². The number of Topliss-reactive ketones (excluding diaryl/α,β-unsaturated/α-hetero) is 2. The average Bonchev–Trinajstić information content (AvgIpc) is 3.17. The van der Waals surface area contributed by atoms with Gasteiger partial charge in [0, 0.05) is 68.6 Å². The largest absolute Gasteiger partial charge is 0.504 e. The number of hydrogen-bond acceptors (Lipinski definition) is 9. The average molecular weight is 554 g/mol. The molecule has 0 amide bonds. The number of carbonyl (C=O) groups is 4. The van der Waals surface area contributed by atoms with Crippen molar-refractivity contribution in [2.75, 3.05) is 26.8 Å². The SMILES string of the molecule is C=CCN(/C=C1\C(=O)O[C@H](COC)[C@@]2(C(C)C)C1=C(O)C(=O)C1=C2[C@H](OC(C)=O)C[C@]2(C)C(=O)CC[C@@H]12)CC=C. The van der Waals surface area contributed by atoms with E-state index < -0.39 is 52.4 Å². The third-order valence-electron chi connectivity index (χ3n) is 9.01. The number of carbonyl (C=O) groups excluding carboxylic acids is 4. The fraction of sp³-hybridized carbons (Fsp3) is 0.548. The van der Waals surface area contributed by atoms with Gasteiger partial charge in [0.05, 0.1) is 17.6 Å². The van der Waals surface area contributed by atoms with Crippen molar-refractivity contribution in [1.82, 2.24) is 4.90 Å². The molecule has 1 aliphatic heterocycles. The Bertz CT molecular complexity index is 1250. The maximum absolute atomic E-state index is 14.2. The van der Waals surface area contributed by atoms with Crippen molar-refractivity contribution >= 4 is 23.5 Å². The maximum Gasteiger partial charge on any atom is 0.340 e. The van der Waals surface area contributed by atoms with Gasteiger partial charge in [-0.3, -0.25) is 14.4 Å². The van der Waals surface area contributed by atoms with Gasteiger partial charge in [-0.05, 0) is 17.9 Å². The van der Waals surface area contributed by atoms with Crippen molar-refractivity contribution in [1.29, 1.82) is 0 Å². The minimum absolute atomic E-state index is 0.00421. The molecule has 4 rings (SSSR count). The van der Waals surface area contributed by atoms with Crippen LogP contribution in [0.25, 0.3) is 0 Å². The van der Waals surface area contributed by atoms with Gasteiger partial charge in [0.15, 0.2) is 5.76 Å². The lowest BCUT2D eigenvalue weighted by atomic mass is 9.50. The maximum atomic E-state index is 14.2. The van der Waals surface area contributed by atoms with Crippen molar-refractivity contribution in [3.05, 3.63) is 59.6 Å². The van der Waals surface area contributed by atoms with E-state index >= 15 is 0 Å². The number of ether oxygens (including phenoxy) is 3. The summed E-state index contributed by atoms with van der Waals surface area (Å²) < 4.78 is 17.5. The van der Waals surface area contributed by atoms with Crippen molar-refractivity contribution < 1.29 is 38.5 Å². The number of methoxy groups -OCH3 is 1. The summed E-state index contributed by atoms with van der Waals surface area (Å²) in [5.41, 5.74) is -1.27. The summed E-state index contributed by atoms with van der Waals surface area (Å²) in [7, 11) is 1.48. The Labute approximate surface area is 235 Å². The number of fused-ring (bicyclic) bond motifs is 4. The standard InChI is InChI=1S/C31H39NO8/c1-8-12-32(13-9-2)15-19-25-28(36)27(35)24-20-10-11-22(34)30(20,6)14-21(39-18(5)33)26(24)31(25,17(3)4)23(16-38-7)40-29(19)37/h8-9,15,17,20-21,23,36H,1-2,10-14,16H2,3-7H3/b19-15-/t20-,21+,23+,30-,31-/m0/s1. The van der Waals surface area contributed by atoms with Crippen LogP contribution in [-0.4, -0.2) is 72.5 Å². The second kappa shape index (κ2) is 10.8. The third kappa shape index (κ3) is 4.26. The van der Waals surface area contributed by atoms with Crippen molar-refractivity contribution in [3.63, 3.8) is 0 Å². The zero-order valence-electron chi connectivity index (χ0n) is 24.0. The molecule has 40 heavy (non-hydrogen) atoms. The molecule has 5 atom stereocenters. The van der Waals surface area contributed by atoms with Crippen LogP contribution in [0.15, 0.2) is 59.6 Å². The lowest BCUT2D eigenvalue weighted by molar-refractivity contribution is -0.164. The monoisotopic (exact) mass is 553 g/mol. The van der Waals surface area contributed by atoms with Crippen LogP contribution in [0, 0.1) is 22.7 Å². The van der Waals surface area contributed by atoms with Crippen molar-refractivity contribution in [3.8, 4) is 0 Å². The van der Waals surface area contributed by atoms with Crippen molar-refractivity contribution in [2.24, 2.45) is 22.7 Å². The van der Waals surface area contributed by atoms with E-state index in [1.807, 2.05) is 13.8 Å². The molecule has 216 valence electrons. The lowest BCUT2D eigenvalue weighted by Gasteiger charge is -2.56. The number of rotatable bonds is 9. The van der Waals surface area contributed by atoms with Crippen molar-refractivity contribution in [2.45, 2.75) is 59.2 Å². The van der Waals surface area contributed by atoms with E-state index in [2.05, 4.69) is 13.2 Å². The second-order valence-electron chi connectivity index (χ2n) is 11.6. The van der Waals surface area contributed by atoms with Gasteiger partial charge in [0.1, 0.15) is 18.0 Å². The van der Waals surface area contributed by atoms with E-state index in [9.17, 15) is 24.3 Å². The fourth-order valence-corrected chi connectivity index (χ4v) is 7.46. The summed E-state index contributed by atoms with van der Waals surface area (Å²) in [4.78, 5) is 55.1. The molecule has 1 saturated heterocycles. The van der Waals surface area contributed by atoms with Crippen LogP contribution in [-0.2, 0) is 33.4 Å². The molecular weight excluding hydrogens is 514 g/mol. The highest BCUT2D eigenvalue weighted by Gasteiger charge is 2.67. The van der Waals surface area contributed by atoms with E-state index in [0.717, 1.165) is 0 Å². The number of esters is 2. The predicted molar refractivity (Wildman–Crippen MR) is 147 cm³/mol. The summed E-state index contributed by atoms with van der Waals surface area (Å²) in [6.45, 7) is 15.2. The van der Waals surface area contributed by atoms with Gasteiger partial charge >= 0.3 is 11.9 Å². The van der Waals surface area contributed by atoms with Crippen LogP contribution >= 0.6 is 0 Å². The van der Waals surface area contributed by atoms with Gasteiger partial charge in [-0.1, -0.05) is 32.9 Å². The van der Waals surface area contributed by atoms with E-state index in [1.54, 1.807) is 30.2 Å². The summed E-state index contributed by atoms with van der Waals surface area (Å²) in [6, 6.07) is 0. The Kier molecular flexibility index (Phi) is 8.00. The highest BCUT2D eigenvalue weighted by atomic mass is 16.6. The summed E-state index contributed by atoms with van der Waals surface area (Å²) >= 11 is 0. The van der Waals surface area contributed by atoms with Gasteiger partial charge in [-0.15, -0.1) is 13.2 Å². The minimum Gasteiger partial charge on any atom is -0.504 e. The molecule has 1 N–H and O–H groups in total. The van der Waals surface area contributed by atoms with E-state index in [4.69, 9.17) is 14.2 Å². The molecule has 9 nitrogen and oxygen atoms in total. The first-order valence-electron chi connectivity index (χ1n) is 13.7. The van der Waals surface area contributed by atoms with Gasteiger partial charge in [0.2, 0.25) is 5.78 Å². The quantitative estimate of drug-likeness (QED) is 0.258. The zero-order chi connectivity index (χ0) is 29.6. The van der Waals surface area contributed by atoms with Gasteiger partial charge in [-0.2, -0.15) is 0 Å².